The summed E-state index contributed by atoms with van der Waals surface area (Å²) in [7, 11) is 0. The Morgan fingerprint density at radius 1 is 0.935 bits per heavy atom. The van der Waals surface area contributed by atoms with Crippen LogP contribution in [0.5, 0.6) is 0 Å². The molecule has 3 aliphatic rings. The number of nitrogens with one attached hydrogen (secondary N) is 2. The highest BCUT2D eigenvalue weighted by Crippen LogP contribution is 2.31. The third-order valence-corrected chi connectivity index (χ3v) is 6.60. The maximum atomic E-state index is 12.8. The molecule has 7 heteroatoms. The standard InChI is InChI=1S/C24H29N3O2.2ClH/c28-24(22-12-11-21(26-22)17-7-3-1-4-8-17)25-19-13-20-16-29-23(15-27(20)14-19)18-9-5-2-6-10-18;;/h1-10,19-23,26H,11-16H2,(H,25,28);2*1H/t19-,20-,21+,22+,23+;;/m0../s1. The van der Waals surface area contributed by atoms with Gasteiger partial charge in [-0.25, -0.2) is 0 Å². The highest BCUT2D eigenvalue weighted by molar-refractivity contribution is 5.85. The summed E-state index contributed by atoms with van der Waals surface area (Å²) >= 11 is 0. The van der Waals surface area contributed by atoms with Crippen molar-refractivity contribution in [3.63, 3.8) is 0 Å². The minimum Gasteiger partial charge on any atom is -0.371 e. The molecule has 31 heavy (non-hydrogen) atoms. The van der Waals surface area contributed by atoms with Crippen LogP contribution < -0.4 is 10.6 Å². The Labute approximate surface area is 196 Å². The fraction of sp³-hybridized carbons (Fsp3) is 0.458. The van der Waals surface area contributed by atoms with E-state index in [1.165, 1.54) is 11.1 Å². The quantitative estimate of drug-likeness (QED) is 0.726. The second-order valence-electron chi connectivity index (χ2n) is 8.54. The molecule has 3 fully saturated rings. The van der Waals surface area contributed by atoms with E-state index in [0.29, 0.717) is 6.04 Å². The van der Waals surface area contributed by atoms with Gasteiger partial charge in [-0.3, -0.25) is 15.0 Å². The number of benzene rings is 2. The molecule has 0 saturated carbocycles. The van der Waals surface area contributed by atoms with Crippen molar-refractivity contribution in [3.05, 3.63) is 71.8 Å². The first-order valence-electron chi connectivity index (χ1n) is 10.8. The van der Waals surface area contributed by atoms with Crippen LogP contribution in [0.1, 0.15) is 42.5 Å². The number of halogens is 2. The van der Waals surface area contributed by atoms with Crippen LogP contribution in [0, 0.1) is 0 Å². The van der Waals surface area contributed by atoms with E-state index in [1.807, 2.05) is 12.1 Å². The van der Waals surface area contributed by atoms with Crippen LogP contribution >= 0.6 is 24.8 Å². The van der Waals surface area contributed by atoms with Crippen LogP contribution in [0.15, 0.2) is 60.7 Å². The molecule has 5 nitrogen and oxygen atoms in total. The first-order valence-corrected chi connectivity index (χ1v) is 10.8. The van der Waals surface area contributed by atoms with Gasteiger partial charge in [-0.05, 0) is 30.4 Å². The van der Waals surface area contributed by atoms with E-state index in [0.717, 1.165) is 39.0 Å². The van der Waals surface area contributed by atoms with Gasteiger partial charge in [-0.2, -0.15) is 0 Å². The minimum absolute atomic E-state index is 0. The summed E-state index contributed by atoms with van der Waals surface area (Å²) in [6, 6.07) is 21.7. The summed E-state index contributed by atoms with van der Waals surface area (Å²) in [5.41, 5.74) is 2.51. The fourth-order valence-electron chi connectivity index (χ4n) is 5.05. The molecular weight excluding hydrogens is 433 g/mol. The van der Waals surface area contributed by atoms with Crippen LogP contribution in [-0.2, 0) is 9.53 Å². The lowest BCUT2D eigenvalue weighted by atomic mass is 10.1. The van der Waals surface area contributed by atoms with Crippen LogP contribution in [0.3, 0.4) is 0 Å². The molecule has 0 bridgehead atoms. The topological polar surface area (TPSA) is 53.6 Å². The average Bonchev–Trinajstić information content (AvgIpc) is 3.41. The van der Waals surface area contributed by atoms with Gasteiger partial charge in [0.25, 0.3) is 0 Å². The van der Waals surface area contributed by atoms with Crippen molar-refractivity contribution in [2.24, 2.45) is 0 Å². The molecule has 0 aliphatic carbocycles. The maximum absolute atomic E-state index is 12.8. The molecule has 2 N–H and O–H groups in total. The first-order chi connectivity index (χ1) is 14.3. The third-order valence-electron chi connectivity index (χ3n) is 6.60. The number of hydrogen-bond acceptors (Lipinski definition) is 4. The average molecular weight is 464 g/mol. The number of ether oxygens (including phenoxy) is 1. The number of carbonyl (C=O) groups is 1. The molecule has 0 radical (unpaired) electrons. The number of amides is 1. The van der Waals surface area contributed by atoms with Crippen molar-refractivity contribution in [1.82, 2.24) is 15.5 Å². The monoisotopic (exact) mass is 463 g/mol. The van der Waals surface area contributed by atoms with Crippen LogP contribution in [-0.4, -0.2) is 48.6 Å². The van der Waals surface area contributed by atoms with Crippen molar-refractivity contribution in [1.29, 1.82) is 0 Å². The van der Waals surface area contributed by atoms with E-state index in [-0.39, 0.29) is 55.0 Å². The molecule has 5 atom stereocenters. The van der Waals surface area contributed by atoms with Gasteiger partial charge in [-0.15, -0.1) is 24.8 Å². The van der Waals surface area contributed by atoms with Gasteiger partial charge >= 0.3 is 0 Å². The first kappa shape index (κ1) is 24.0. The Balaban J connectivity index is 0.00000136. The molecular formula is C24H31Cl2N3O2. The van der Waals surface area contributed by atoms with Crippen molar-refractivity contribution in [2.75, 3.05) is 19.7 Å². The zero-order chi connectivity index (χ0) is 19.6. The van der Waals surface area contributed by atoms with Gasteiger partial charge in [0.2, 0.25) is 5.91 Å². The van der Waals surface area contributed by atoms with Gasteiger partial charge in [0.1, 0.15) is 0 Å². The van der Waals surface area contributed by atoms with Crippen molar-refractivity contribution in [2.45, 2.75) is 49.5 Å². The molecule has 2 aromatic rings. The molecule has 3 saturated heterocycles. The molecule has 0 aromatic heterocycles. The second-order valence-corrected chi connectivity index (χ2v) is 8.54. The highest BCUT2D eigenvalue weighted by Gasteiger charge is 2.39. The summed E-state index contributed by atoms with van der Waals surface area (Å²) < 4.78 is 6.13. The van der Waals surface area contributed by atoms with Crippen LogP contribution in [0.4, 0.5) is 0 Å². The summed E-state index contributed by atoms with van der Waals surface area (Å²) in [5, 5.41) is 6.83. The summed E-state index contributed by atoms with van der Waals surface area (Å²) in [6.07, 6.45) is 3.01. The normalized spacial score (nSPS) is 30.0. The largest absolute Gasteiger partial charge is 0.371 e. The number of hydrogen-bond donors (Lipinski definition) is 2. The minimum atomic E-state index is -0.0915. The Bertz CT molecular complexity index is 839. The molecule has 0 unspecified atom stereocenters. The van der Waals surface area contributed by atoms with Gasteiger partial charge in [0, 0.05) is 31.2 Å². The molecule has 3 aliphatic heterocycles. The lowest BCUT2D eigenvalue weighted by Crippen LogP contribution is -2.46. The predicted octanol–water partition coefficient (Wildman–Crippen LogP) is 3.65. The molecule has 2 aromatic carbocycles. The van der Waals surface area contributed by atoms with Gasteiger partial charge in [0.15, 0.2) is 0 Å². The van der Waals surface area contributed by atoms with Crippen molar-refractivity contribution < 1.29 is 9.53 Å². The van der Waals surface area contributed by atoms with E-state index in [9.17, 15) is 4.79 Å². The number of morpholine rings is 1. The molecule has 5 rings (SSSR count). The summed E-state index contributed by atoms with van der Waals surface area (Å²) in [5.74, 6) is 0.147. The Morgan fingerprint density at radius 2 is 1.61 bits per heavy atom. The Hall–Kier alpha value is -1.63. The molecule has 0 spiro atoms. The van der Waals surface area contributed by atoms with E-state index >= 15 is 0 Å². The molecule has 168 valence electrons. The summed E-state index contributed by atoms with van der Waals surface area (Å²) in [6.45, 7) is 2.56. The zero-order valence-corrected chi connectivity index (χ0v) is 19.1. The Morgan fingerprint density at radius 3 is 2.32 bits per heavy atom. The fourth-order valence-corrected chi connectivity index (χ4v) is 5.05. The van der Waals surface area contributed by atoms with Gasteiger partial charge in [-0.1, -0.05) is 60.7 Å². The smallest absolute Gasteiger partial charge is 0.237 e. The van der Waals surface area contributed by atoms with E-state index in [1.54, 1.807) is 0 Å². The predicted molar refractivity (Wildman–Crippen MR) is 127 cm³/mol. The number of carbonyl (C=O) groups excluding carboxylic acids is 1. The highest BCUT2D eigenvalue weighted by atomic mass is 35.5. The Kier molecular flexibility index (Phi) is 8.36. The second kappa shape index (κ2) is 10.8. The lowest BCUT2D eigenvalue weighted by Gasteiger charge is -2.35. The van der Waals surface area contributed by atoms with E-state index in [4.69, 9.17) is 4.74 Å². The van der Waals surface area contributed by atoms with Crippen LogP contribution in [0.25, 0.3) is 0 Å². The van der Waals surface area contributed by atoms with Crippen molar-refractivity contribution in [3.8, 4) is 0 Å². The molecule has 3 heterocycles. The number of nitrogens with zero attached hydrogens (tertiary/aromatic N) is 1. The third kappa shape index (κ3) is 5.41. The maximum Gasteiger partial charge on any atom is 0.237 e. The number of fused-ring (bicyclic) bond motifs is 1. The van der Waals surface area contributed by atoms with E-state index in [2.05, 4.69) is 64.1 Å². The summed E-state index contributed by atoms with van der Waals surface area (Å²) in [4.78, 5) is 15.3. The number of rotatable bonds is 4. The van der Waals surface area contributed by atoms with Gasteiger partial charge < -0.3 is 10.1 Å². The van der Waals surface area contributed by atoms with Crippen molar-refractivity contribution >= 4 is 30.7 Å². The lowest BCUT2D eigenvalue weighted by molar-refractivity contribution is -0.123. The SMILES string of the molecule is Cl.Cl.O=C(N[C@H]1C[C@H]2CO[C@@H](c3ccccc3)CN2C1)[C@H]1CC[C@H](c2ccccc2)N1. The van der Waals surface area contributed by atoms with Crippen LogP contribution in [0.2, 0.25) is 0 Å². The van der Waals surface area contributed by atoms with E-state index < -0.39 is 0 Å². The molecule has 1 amide bonds. The van der Waals surface area contributed by atoms with Gasteiger partial charge in [0.05, 0.1) is 18.8 Å². The zero-order valence-electron chi connectivity index (χ0n) is 17.5.